The fourth-order valence-corrected chi connectivity index (χ4v) is 2.55. The van der Waals surface area contributed by atoms with Gasteiger partial charge < -0.3 is 15.5 Å². The van der Waals surface area contributed by atoms with Crippen molar-refractivity contribution in [1.82, 2.24) is 20.0 Å². The summed E-state index contributed by atoms with van der Waals surface area (Å²) >= 11 is 0. The molecule has 0 unspecified atom stereocenters. The van der Waals surface area contributed by atoms with E-state index in [0.717, 1.165) is 25.3 Å². The zero-order chi connectivity index (χ0) is 14.7. The maximum Gasteiger partial charge on any atom is 0.276 e. The van der Waals surface area contributed by atoms with E-state index in [2.05, 4.69) is 15.1 Å². The minimum absolute atomic E-state index is 0.107. The monoisotopic (exact) mass is 279 g/mol. The second kappa shape index (κ2) is 6.26. The summed E-state index contributed by atoms with van der Waals surface area (Å²) in [6.07, 6.45) is 2.53. The van der Waals surface area contributed by atoms with Crippen molar-refractivity contribution < 1.29 is 4.79 Å². The molecular weight excluding hydrogens is 254 g/mol. The Labute approximate surface area is 120 Å². The van der Waals surface area contributed by atoms with E-state index in [9.17, 15) is 4.79 Å². The molecule has 0 radical (unpaired) electrons. The van der Waals surface area contributed by atoms with E-state index >= 15 is 0 Å². The highest BCUT2D eigenvalue weighted by atomic mass is 16.2. The number of carbonyl (C=O) groups is 1. The lowest BCUT2D eigenvalue weighted by atomic mass is 10.1. The average Bonchev–Trinajstić information content (AvgIpc) is 3.04. The summed E-state index contributed by atoms with van der Waals surface area (Å²) in [5, 5.41) is 6.96. The first kappa shape index (κ1) is 14.8. The molecule has 0 bridgehead atoms. The number of carbonyl (C=O) groups excluding carboxylic acids is 1. The third-order valence-electron chi connectivity index (χ3n) is 3.91. The number of nitrogens with zero attached hydrogens (tertiary/aromatic N) is 3. The van der Waals surface area contributed by atoms with Crippen LogP contribution >= 0.6 is 0 Å². The van der Waals surface area contributed by atoms with Gasteiger partial charge in [-0.2, -0.15) is 5.10 Å². The van der Waals surface area contributed by atoms with E-state index in [4.69, 9.17) is 5.73 Å². The Bertz CT molecular complexity index is 462. The zero-order valence-electron chi connectivity index (χ0n) is 12.6. The van der Waals surface area contributed by atoms with Crippen molar-refractivity contribution >= 4 is 11.6 Å². The van der Waals surface area contributed by atoms with Crippen molar-refractivity contribution in [2.24, 2.45) is 0 Å². The summed E-state index contributed by atoms with van der Waals surface area (Å²) < 4.78 is 0. The minimum atomic E-state index is -0.107. The highest BCUT2D eigenvalue weighted by molar-refractivity contribution is 5.97. The van der Waals surface area contributed by atoms with Gasteiger partial charge in [0.2, 0.25) is 0 Å². The van der Waals surface area contributed by atoms with Gasteiger partial charge >= 0.3 is 0 Å². The largest absolute Gasteiger partial charge is 0.395 e. The van der Waals surface area contributed by atoms with Crippen molar-refractivity contribution in [3.05, 3.63) is 11.4 Å². The molecule has 3 N–H and O–H groups in total. The van der Waals surface area contributed by atoms with Crippen molar-refractivity contribution in [1.29, 1.82) is 0 Å². The van der Waals surface area contributed by atoms with Crippen molar-refractivity contribution in [2.45, 2.75) is 32.6 Å². The molecule has 1 aliphatic heterocycles. The van der Waals surface area contributed by atoms with Crippen LogP contribution in [0.3, 0.4) is 0 Å². The lowest BCUT2D eigenvalue weighted by Crippen LogP contribution is -2.35. The van der Waals surface area contributed by atoms with Gasteiger partial charge in [-0.05, 0) is 31.8 Å². The van der Waals surface area contributed by atoms with Crippen LogP contribution in [0.5, 0.6) is 0 Å². The number of aromatic amines is 1. The van der Waals surface area contributed by atoms with Crippen LogP contribution in [0.4, 0.5) is 5.69 Å². The van der Waals surface area contributed by atoms with Crippen molar-refractivity contribution in [2.75, 3.05) is 39.0 Å². The van der Waals surface area contributed by atoms with Crippen LogP contribution in [0.1, 0.15) is 48.8 Å². The summed E-state index contributed by atoms with van der Waals surface area (Å²) in [5.74, 6) is 0.129. The highest BCUT2D eigenvalue weighted by Gasteiger charge is 2.22. The molecule has 1 fully saturated rings. The Morgan fingerprint density at radius 3 is 2.65 bits per heavy atom. The second-order valence-corrected chi connectivity index (χ2v) is 5.83. The topological polar surface area (TPSA) is 78.2 Å². The molecule has 1 aliphatic rings. The first-order chi connectivity index (χ1) is 9.50. The summed E-state index contributed by atoms with van der Waals surface area (Å²) in [7, 11) is 1.81. The van der Waals surface area contributed by atoms with E-state index in [0.29, 0.717) is 17.9 Å². The molecule has 1 aromatic rings. The number of likely N-dealkylation sites (N-methyl/N-ethyl adjacent to an activating group) is 1. The summed E-state index contributed by atoms with van der Waals surface area (Å²) in [4.78, 5) is 16.4. The van der Waals surface area contributed by atoms with Gasteiger partial charge in [0.25, 0.3) is 5.91 Å². The van der Waals surface area contributed by atoms with E-state index in [1.165, 1.54) is 12.8 Å². The molecule has 0 spiro atoms. The number of hydrogen-bond donors (Lipinski definition) is 2. The number of hydrogen-bond acceptors (Lipinski definition) is 4. The van der Waals surface area contributed by atoms with E-state index in [-0.39, 0.29) is 11.8 Å². The van der Waals surface area contributed by atoms with Crippen LogP contribution in [-0.4, -0.2) is 59.1 Å². The predicted octanol–water partition coefficient (Wildman–Crippen LogP) is 1.28. The highest BCUT2D eigenvalue weighted by Crippen LogP contribution is 2.22. The maximum absolute atomic E-state index is 12.4. The number of rotatable bonds is 5. The van der Waals surface area contributed by atoms with Crippen LogP contribution in [0.2, 0.25) is 0 Å². The van der Waals surface area contributed by atoms with Gasteiger partial charge in [-0.3, -0.25) is 9.89 Å². The number of nitrogens with two attached hydrogens (primary N) is 1. The quantitative estimate of drug-likeness (QED) is 0.851. The van der Waals surface area contributed by atoms with Gasteiger partial charge in [0.05, 0.1) is 11.4 Å². The van der Waals surface area contributed by atoms with Crippen LogP contribution in [0.15, 0.2) is 0 Å². The number of likely N-dealkylation sites (tertiary alicyclic amines) is 1. The van der Waals surface area contributed by atoms with E-state index in [1.807, 2.05) is 20.9 Å². The van der Waals surface area contributed by atoms with Gasteiger partial charge in [-0.25, -0.2) is 0 Å². The lowest BCUT2D eigenvalue weighted by Gasteiger charge is -2.21. The van der Waals surface area contributed by atoms with Crippen LogP contribution < -0.4 is 5.73 Å². The molecule has 112 valence electrons. The first-order valence-electron chi connectivity index (χ1n) is 7.32. The van der Waals surface area contributed by atoms with Gasteiger partial charge in [-0.1, -0.05) is 13.8 Å². The smallest absolute Gasteiger partial charge is 0.276 e. The fourth-order valence-electron chi connectivity index (χ4n) is 2.55. The number of aromatic nitrogens is 2. The van der Waals surface area contributed by atoms with Crippen LogP contribution in [0.25, 0.3) is 0 Å². The third-order valence-corrected chi connectivity index (χ3v) is 3.91. The SMILES string of the molecule is CC(C)c1[nH]nc(C(=O)N(C)CCN2CCCC2)c1N. The lowest BCUT2D eigenvalue weighted by molar-refractivity contribution is 0.0777. The second-order valence-electron chi connectivity index (χ2n) is 5.83. The average molecular weight is 279 g/mol. The van der Waals surface area contributed by atoms with Gasteiger partial charge in [0.1, 0.15) is 0 Å². The Kier molecular flexibility index (Phi) is 4.65. The molecule has 20 heavy (non-hydrogen) atoms. The Hall–Kier alpha value is -1.56. The van der Waals surface area contributed by atoms with Crippen molar-refractivity contribution in [3.63, 3.8) is 0 Å². The molecule has 2 rings (SSSR count). The van der Waals surface area contributed by atoms with E-state index < -0.39 is 0 Å². The summed E-state index contributed by atoms with van der Waals surface area (Å²) in [6, 6.07) is 0. The molecule has 0 aliphatic carbocycles. The molecule has 0 saturated carbocycles. The normalized spacial score (nSPS) is 16.0. The first-order valence-corrected chi connectivity index (χ1v) is 7.32. The number of anilines is 1. The molecule has 1 saturated heterocycles. The predicted molar refractivity (Wildman–Crippen MR) is 79.7 cm³/mol. The molecule has 6 nitrogen and oxygen atoms in total. The molecule has 1 amide bonds. The Morgan fingerprint density at radius 2 is 2.10 bits per heavy atom. The number of H-pyrrole nitrogens is 1. The molecule has 0 atom stereocenters. The van der Waals surface area contributed by atoms with Crippen LogP contribution in [-0.2, 0) is 0 Å². The molecule has 0 aromatic carbocycles. The number of nitrogens with one attached hydrogen (secondary N) is 1. The Morgan fingerprint density at radius 1 is 1.45 bits per heavy atom. The Balaban J connectivity index is 1.95. The van der Waals surface area contributed by atoms with Crippen LogP contribution in [0, 0.1) is 0 Å². The van der Waals surface area contributed by atoms with Gasteiger partial charge in [0.15, 0.2) is 5.69 Å². The third kappa shape index (κ3) is 3.12. The number of amides is 1. The molecular formula is C14H25N5O. The van der Waals surface area contributed by atoms with E-state index in [1.54, 1.807) is 4.90 Å². The number of nitrogen functional groups attached to an aromatic ring is 1. The molecule has 2 heterocycles. The standard InChI is InChI=1S/C14H25N5O/c1-10(2)12-11(15)13(17-16-12)14(20)18(3)8-9-19-6-4-5-7-19/h10H,4-9,15H2,1-3H3,(H,16,17). The fraction of sp³-hybridized carbons (Fsp3) is 0.714. The van der Waals surface area contributed by atoms with Gasteiger partial charge in [0, 0.05) is 20.1 Å². The summed E-state index contributed by atoms with van der Waals surface area (Å²) in [5.41, 5.74) is 7.67. The maximum atomic E-state index is 12.4. The van der Waals surface area contributed by atoms with Crippen molar-refractivity contribution in [3.8, 4) is 0 Å². The minimum Gasteiger partial charge on any atom is -0.395 e. The van der Waals surface area contributed by atoms with Gasteiger partial charge in [-0.15, -0.1) is 0 Å². The molecule has 6 heteroatoms. The zero-order valence-corrected chi connectivity index (χ0v) is 12.6. The summed E-state index contributed by atoms with van der Waals surface area (Å²) in [6.45, 7) is 7.96. The molecule has 1 aromatic heterocycles.